The van der Waals surface area contributed by atoms with Crippen molar-refractivity contribution >= 4 is 48.1 Å². The molecule has 0 saturated carbocycles. The highest BCUT2D eigenvalue weighted by Crippen LogP contribution is 2.49. The molecule has 1 amide bonds. The van der Waals surface area contributed by atoms with Crippen LogP contribution in [0, 0.1) is 13.7 Å². The molecule has 1 aromatic heterocycles. The third-order valence-corrected chi connectivity index (χ3v) is 8.45. The molecule has 1 spiro atoms. The number of carbonyl (C=O) groups is 1. The molecule has 0 bridgehead atoms. The number of anilines is 1. The summed E-state index contributed by atoms with van der Waals surface area (Å²) in [7, 11) is -1.22. The van der Waals surface area contributed by atoms with Gasteiger partial charge in [0.05, 0.1) is 13.9 Å². The number of aromatic nitrogens is 1. The van der Waals surface area contributed by atoms with Crippen LogP contribution in [0.25, 0.3) is 0 Å². The fourth-order valence-electron chi connectivity index (χ4n) is 4.28. The highest BCUT2D eigenvalue weighted by Gasteiger charge is 2.54. The van der Waals surface area contributed by atoms with Gasteiger partial charge in [-0.05, 0) is 64.7 Å². The summed E-state index contributed by atoms with van der Waals surface area (Å²) in [6, 6.07) is 8.30. The number of amides is 1. The van der Waals surface area contributed by atoms with E-state index in [1.165, 1.54) is 0 Å². The van der Waals surface area contributed by atoms with Crippen molar-refractivity contribution in [3.63, 3.8) is 0 Å². The van der Waals surface area contributed by atoms with Crippen LogP contribution in [0.15, 0.2) is 30.5 Å². The van der Waals surface area contributed by atoms with E-state index < -0.39 is 13.5 Å². The maximum absolute atomic E-state index is 13.6. The van der Waals surface area contributed by atoms with Crippen molar-refractivity contribution in [1.82, 2.24) is 4.98 Å². The number of hydrogen-bond donors (Lipinski definition) is 0. The van der Waals surface area contributed by atoms with Gasteiger partial charge in [0.15, 0.2) is 0 Å². The number of rotatable bonds is 6. The van der Waals surface area contributed by atoms with Crippen molar-refractivity contribution in [2.24, 2.45) is 0 Å². The van der Waals surface area contributed by atoms with Gasteiger partial charge in [0.25, 0.3) is 5.69 Å². The maximum atomic E-state index is 13.6. The number of nitro groups is 1. The summed E-state index contributed by atoms with van der Waals surface area (Å²) in [5.74, 6) is 0.616. The summed E-state index contributed by atoms with van der Waals surface area (Å²) in [4.78, 5) is 30.8. The zero-order valence-electron chi connectivity index (χ0n) is 17.3. The number of fused-ring (bicyclic) bond motifs is 3. The predicted molar refractivity (Wildman–Crippen MR) is 126 cm³/mol. The third kappa shape index (κ3) is 3.67. The third-order valence-electron chi connectivity index (χ3n) is 5.88. The molecule has 0 fully saturated rings. The minimum atomic E-state index is -1.22. The van der Waals surface area contributed by atoms with Gasteiger partial charge in [-0.3, -0.25) is 19.8 Å². The monoisotopic (exact) mass is 537 g/mol. The topological polar surface area (TPSA) is 85.6 Å². The molecule has 4 rings (SSSR count). The quantitative estimate of drug-likeness (QED) is 0.181. The average Bonchev–Trinajstić information content (AvgIpc) is 3.14. The highest BCUT2D eigenvalue weighted by molar-refractivity contribution is 14.1. The Morgan fingerprint density at radius 2 is 2.00 bits per heavy atom. The van der Waals surface area contributed by atoms with Gasteiger partial charge >= 0.3 is 0 Å². The lowest BCUT2D eigenvalue weighted by Crippen LogP contribution is -2.42. The molecule has 158 valence electrons. The zero-order valence-corrected chi connectivity index (χ0v) is 20.4. The molecule has 2 aliphatic rings. The van der Waals surface area contributed by atoms with E-state index in [4.69, 9.17) is 4.74 Å². The van der Waals surface area contributed by atoms with Gasteiger partial charge in [-0.25, -0.2) is 4.98 Å². The molecular weight excluding hydrogens is 513 g/mol. The molecule has 1 unspecified atom stereocenters. The molecular formula is C21H24IN3O4Si. The van der Waals surface area contributed by atoms with Gasteiger partial charge in [-0.15, -0.1) is 0 Å². The van der Waals surface area contributed by atoms with Crippen molar-refractivity contribution in [2.75, 3.05) is 18.2 Å². The van der Waals surface area contributed by atoms with Gasteiger partial charge in [-0.1, -0.05) is 25.7 Å². The minimum Gasteiger partial charge on any atom is -0.361 e. The Labute approximate surface area is 190 Å². The molecule has 9 heteroatoms. The van der Waals surface area contributed by atoms with E-state index in [9.17, 15) is 14.9 Å². The number of carbonyl (C=O) groups excluding carboxylic acids is 1. The molecule has 30 heavy (non-hydrogen) atoms. The lowest BCUT2D eigenvalue weighted by molar-refractivity contribution is -0.385. The molecule has 1 aliphatic carbocycles. The largest absolute Gasteiger partial charge is 0.361 e. The van der Waals surface area contributed by atoms with Crippen molar-refractivity contribution in [2.45, 2.75) is 43.9 Å². The Kier molecular flexibility index (Phi) is 5.48. The van der Waals surface area contributed by atoms with E-state index >= 15 is 0 Å². The molecule has 1 aliphatic heterocycles. The first-order valence-electron chi connectivity index (χ1n) is 9.93. The number of ether oxygens (including phenoxy) is 1. The molecule has 0 radical (unpaired) electrons. The minimum absolute atomic E-state index is 0.0296. The van der Waals surface area contributed by atoms with E-state index in [1.54, 1.807) is 17.2 Å². The molecule has 0 saturated heterocycles. The smallest absolute Gasteiger partial charge is 0.282 e. The standard InChI is InChI=1S/C21H24IN3O4Si/c1-30(2,3)8-7-29-13-24-19-16(5-4-6-23-19)21(20(24)26)11-14-9-17(22)18(25(27)28)10-15(14)12-21/h4-6,9-10H,7-8,11-13H2,1-3H3. The number of nitro benzene ring substituents is 1. The highest BCUT2D eigenvalue weighted by atomic mass is 127. The van der Waals surface area contributed by atoms with Crippen molar-refractivity contribution in [1.29, 1.82) is 0 Å². The second-order valence-corrected chi connectivity index (χ2v) is 16.0. The summed E-state index contributed by atoms with van der Waals surface area (Å²) in [5.41, 5.74) is 2.08. The first kappa shape index (κ1) is 21.4. The van der Waals surface area contributed by atoms with Crippen molar-refractivity contribution < 1.29 is 14.5 Å². The van der Waals surface area contributed by atoms with Crippen LogP contribution >= 0.6 is 22.6 Å². The molecule has 1 aromatic carbocycles. The van der Waals surface area contributed by atoms with Crippen LogP contribution in [0.5, 0.6) is 0 Å². The van der Waals surface area contributed by atoms with Gasteiger partial charge in [0.2, 0.25) is 5.91 Å². The van der Waals surface area contributed by atoms with Crippen LogP contribution in [-0.2, 0) is 27.8 Å². The van der Waals surface area contributed by atoms with E-state index in [-0.39, 0.29) is 23.2 Å². The second-order valence-electron chi connectivity index (χ2n) is 9.22. The lowest BCUT2D eigenvalue weighted by atomic mass is 9.79. The van der Waals surface area contributed by atoms with Gasteiger partial charge in [0.1, 0.15) is 12.5 Å². The number of pyridine rings is 1. The van der Waals surface area contributed by atoms with Crippen molar-refractivity contribution in [3.05, 3.63) is 60.8 Å². The van der Waals surface area contributed by atoms with Gasteiger partial charge in [0, 0.05) is 32.5 Å². The summed E-state index contributed by atoms with van der Waals surface area (Å²) in [6.45, 7) is 7.68. The van der Waals surface area contributed by atoms with Crippen molar-refractivity contribution in [3.8, 4) is 0 Å². The molecule has 7 nitrogen and oxygen atoms in total. The maximum Gasteiger partial charge on any atom is 0.282 e. The summed E-state index contributed by atoms with van der Waals surface area (Å²) < 4.78 is 6.47. The lowest BCUT2D eigenvalue weighted by Gasteiger charge is -2.23. The number of benzene rings is 1. The zero-order chi connectivity index (χ0) is 21.7. The first-order valence-corrected chi connectivity index (χ1v) is 14.7. The fourth-order valence-corrected chi connectivity index (χ4v) is 5.76. The van der Waals surface area contributed by atoms with Crippen LogP contribution in [-0.4, -0.2) is 37.2 Å². The predicted octanol–water partition coefficient (Wildman–Crippen LogP) is 4.29. The Morgan fingerprint density at radius 3 is 2.67 bits per heavy atom. The number of hydrogen-bond acceptors (Lipinski definition) is 5. The van der Waals surface area contributed by atoms with Gasteiger partial charge in [-0.2, -0.15) is 0 Å². The van der Waals surface area contributed by atoms with E-state index in [0.29, 0.717) is 28.8 Å². The molecule has 0 N–H and O–H groups in total. The van der Waals surface area contributed by atoms with E-state index in [0.717, 1.165) is 22.7 Å². The number of halogens is 1. The first-order chi connectivity index (χ1) is 14.1. The Bertz CT molecular complexity index is 1040. The number of nitrogens with zero attached hydrogens (tertiary/aromatic N) is 3. The molecule has 2 aromatic rings. The van der Waals surface area contributed by atoms with E-state index in [1.807, 2.05) is 40.8 Å². The Hall–Kier alpha value is -1.85. The SMILES string of the molecule is C[Si](C)(C)CCOCN1C(=O)C2(Cc3cc(I)c([N+](=O)[O-])cc3C2)c2cccnc21. The van der Waals surface area contributed by atoms with Crippen LogP contribution < -0.4 is 4.90 Å². The molecule has 1 atom stereocenters. The average molecular weight is 537 g/mol. The summed E-state index contributed by atoms with van der Waals surface area (Å²) in [5, 5.41) is 11.4. The van der Waals surface area contributed by atoms with Crippen LogP contribution in [0.2, 0.25) is 25.7 Å². The summed E-state index contributed by atoms with van der Waals surface area (Å²) in [6.07, 6.45) is 2.67. The normalized spacial score (nSPS) is 20.0. The Balaban J connectivity index is 1.63. The second kappa shape index (κ2) is 7.68. The van der Waals surface area contributed by atoms with Gasteiger partial charge < -0.3 is 4.74 Å². The molecule has 2 heterocycles. The van der Waals surface area contributed by atoms with Crippen LogP contribution in [0.4, 0.5) is 11.5 Å². The van der Waals surface area contributed by atoms with Crippen LogP contribution in [0.1, 0.15) is 16.7 Å². The Morgan fingerprint density at radius 1 is 1.30 bits per heavy atom. The van der Waals surface area contributed by atoms with E-state index in [2.05, 4.69) is 24.6 Å². The fraction of sp³-hybridized carbons (Fsp3) is 0.429. The van der Waals surface area contributed by atoms with Crippen LogP contribution in [0.3, 0.4) is 0 Å². The summed E-state index contributed by atoms with van der Waals surface area (Å²) >= 11 is 1.99.